The second-order valence-electron chi connectivity index (χ2n) is 6.53. The minimum atomic E-state index is -1.63. The molecular weight excluding hydrogens is 352 g/mol. The summed E-state index contributed by atoms with van der Waals surface area (Å²) < 4.78 is 11.5. The van der Waals surface area contributed by atoms with Crippen LogP contribution in [0.1, 0.15) is 21.5 Å². The predicted octanol–water partition coefficient (Wildman–Crippen LogP) is 2.43. The fourth-order valence-corrected chi connectivity index (χ4v) is 3.96. The van der Waals surface area contributed by atoms with Gasteiger partial charge in [-0.25, -0.2) is 4.79 Å². The van der Waals surface area contributed by atoms with Crippen LogP contribution in [0.25, 0.3) is 0 Å². The predicted molar refractivity (Wildman–Crippen MR) is 90.3 cm³/mol. The second-order valence-corrected chi connectivity index (χ2v) is 6.53. The number of aliphatic hydroxyl groups excluding tert-OH is 1. The smallest absolute Gasteiger partial charge is 0.339 e. The lowest BCUT2D eigenvalue weighted by Crippen LogP contribution is -2.47. The quantitative estimate of drug-likeness (QED) is 0.486. The van der Waals surface area contributed by atoms with Gasteiger partial charge in [0.05, 0.1) is 5.56 Å². The van der Waals surface area contributed by atoms with E-state index in [1.165, 1.54) is 24.3 Å². The molecule has 3 N–H and O–H groups in total. The Kier molecular flexibility index (Phi) is 2.82. The molecular formula is C20H12O7. The Hall–Kier alpha value is -3.74. The van der Waals surface area contributed by atoms with Crippen molar-refractivity contribution in [2.24, 2.45) is 5.92 Å². The molecule has 2 heterocycles. The van der Waals surface area contributed by atoms with Gasteiger partial charge in [0.1, 0.15) is 17.4 Å². The molecule has 0 amide bonds. The number of phenols is 2. The lowest BCUT2D eigenvalue weighted by molar-refractivity contribution is -0.129. The summed E-state index contributed by atoms with van der Waals surface area (Å²) in [5.74, 6) is -3.51. The van der Waals surface area contributed by atoms with Crippen LogP contribution in [-0.2, 0) is 15.1 Å². The van der Waals surface area contributed by atoms with Gasteiger partial charge < -0.3 is 24.8 Å². The van der Waals surface area contributed by atoms with Crippen LogP contribution in [0, 0.1) is 5.92 Å². The fourth-order valence-electron chi connectivity index (χ4n) is 3.96. The highest BCUT2D eigenvalue weighted by Gasteiger charge is 2.61. The molecule has 5 rings (SSSR count). The average molecular weight is 364 g/mol. The Labute approximate surface area is 152 Å². The van der Waals surface area contributed by atoms with Crippen LogP contribution in [0.15, 0.2) is 60.1 Å². The number of fused-ring (bicyclic) bond motifs is 6. The van der Waals surface area contributed by atoms with Crippen molar-refractivity contribution < 1.29 is 34.4 Å². The molecule has 0 bridgehead atoms. The first-order valence-electron chi connectivity index (χ1n) is 8.15. The summed E-state index contributed by atoms with van der Waals surface area (Å²) in [7, 11) is 0. The largest absolute Gasteiger partial charge is 0.504 e. The van der Waals surface area contributed by atoms with E-state index in [0.29, 0.717) is 5.56 Å². The Balaban J connectivity index is 1.90. The van der Waals surface area contributed by atoms with E-state index < -0.39 is 40.5 Å². The van der Waals surface area contributed by atoms with Gasteiger partial charge in [0.25, 0.3) is 0 Å². The van der Waals surface area contributed by atoms with E-state index in [2.05, 4.69) is 0 Å². The number of esters is 1. The van der Waals surface area contributed by atoms with Gasteiger partial charge in [-0.05, 0) is 24.3 Å². The van der Waals surface area contributed by atoms with Gasteiger partial charge in [0, 0.05) is 17.2 Å². The Bertz CT molecular complexity index is 1110. The van der Waals surface area contributed by atoms with Crippen LogP contribution in [-0.4, -0.2) is 27.1 Å². The first kappa shape index (κ1) is 15.5. The van der Waals surface area contributed by atoms with Gasteiger partial charge in [0.2, 0.25) is 5.78 Å². The SMILES string of the molecule is O=C1OC2(c3cc(O)c(O)cc3OC3=CC=C(O)C(=O)C32)c2ccccc21. The molecule has 0 radical (unpaired) electrons. The Morgan fingerprint density at radius 1 is 0.926 bits per heavy atom. The Morgan fingerprint density at radius 3 is 2.48 bits per heavy atom. The number of carbonyl (C=O) groups excluding carboxylic acids is 2. The van der Waals surface area contributed by atoms with Crippen molar-refractivity contribution in [3.63, 3.8) is 0 Å². The molecule has 2 atom stereocenters. The van der Waals surface area contributed by atoms with Gasteiger partial charge in [-0.3, -0.25) is 4.79 Å². The topological polar surface area (TPSA) is 113 Å². The minimum absolute atomic E-state index is 0.139. The average Bonchev–Trinajstić information content (AvgIpc) is 2.94. The van der Waals surface area contributed by atoms with E-state index in [4.69, 9.17) is 9.47 Å². The molecule has 3 aliphatic rings. The molecule has 0 aromatic heterocycles. The molecule has 7 heteroatoms. The van der Waals surface area contributed by atoms with Crippen molar-refractivity contribution in [3.05, 3.63) is 76.8 Å². The summed E-state index contributed by atoms with van der Waals surface area (Å²) in [6, 6.07) is 9.00. The number of ketones is 1. The molecule has 1 aliphatic carbocycles. The molecule has 134 valence electrons. The molecule has 1 spiro atoms. The summed E-state index contributed by atoms with van der Waals surface area (Å²) >= 11 is 0. The standard InChI is InChI=1S/C20H12O7/c21-12-5-6-15-17(18(12)24)20(10-4-2-1-3-9(10)19(25)27-20)11-7-13(22)14(23)8-16(11)26-15/h1-8,17,21-23H. The highest BCUT2D eigenvalue weighted by Crippen LogP contribution is 2.58. The number of aliphatic hydroxyl groups is 1. The fraction of sp³-hybridized carbons (Fsp3) is 0.100. The highest BCUT2D eigenvalue weighted by molar-refractivity contribution is 6.03. The second kappa shape index (κ2) is 4.91. The van der Waals surface area contributed by atoms with E-state index in [0.717, 1.165) is 0 Å². The molecule has 2 aliphatic heterocycles. The third-order valence-corrected chi connectivity index (χ3v) is 5.12. The third-order valence-electron chi connectivity index (χ3n) is 5.12. The first-order valence-corrected chi connectivity index (χ1v) is 8.15. The minimum Gasteiger partial charge on any atom is -0.504 e. The van der Waals surface area contributed by atoms with Gasteiger partial charge in [-0.1, -0.05) is 18.2 Å². The number of benzene rings is 2. The molecule has 2 aromatic carbocycles. The van der Waals surface area contributed by atoms with Crippen molar-refractivity contribution in [3.8, 4) is 17.2 Å². The number of rotatable bonds is 0. The molecule has 0 fully saturated rings. The van der Waals surface area contributed by atoms with E-state index in [1.807, 2.05) is 0 Å². The van der Waals surface area contributed by atoms with Crippen molar-refractivity contribution in [1.82, 2.24) is 0 Å². The molecule has 27 heavy (non-hydrogen) atoms. The van der Waals surface area contributed by atoms with E-state index >= 15 is 0 Å². The summed E-state index contributed by atoms with van der Waals surface area (Å²) in [4.78, 5) is 25.4. The highest BCUT2D eigenvalue weighted by atomic mass is 16.6. The number of allylic oxidation sites excluding steroid dienone is 3. The van der Waals surface area contributed by atoms with Gasteiger partial charge in [-0.15, -0.1) is 0 Å². The summed E-state index contributed by atoms with van der Waals surface area (Å²) in [6.07, 6.45) is 2.63. The number of hydrogen-bond acceptors (Lipinski definition) is 7. The summed E-state index contributed by atoms with van der Waals surface area (Å²) in [6.45, 7) is 0. The van der Waals surface area contributed by atoms with Gasteiger partial charge in [-0.2, -0.15) is 0 Å². The molecule has 2 unspecified atom stereocenters. The number of Topliss-reactive ketones (excluding diaryl/α,β-unsaturated/α-hetero) is 1. The normalized spacial score (nSPS) is 25.0. The lowest BCUT2D eigenvalue weighted by atomic mass is 9.69. The van der Waals surface area contributed by atoms with E-state index in [9.17, 15) is 24.9 Å². The molecule has 2 aromatic rings. The number of ether oxygens (including phenoxy) is 2. The molecule has 7 nitrogen and oxygen atoms in total. The van der Waals surface area contributed by atoms with Crippen molar-refractivity contribution in [2.75, 3.05) is 0 Å². The van der Waals surface area contributed by atoms with Crippen LogP contribution in [0.2, 0.25) is 0 Å². The van der Waals surface area contributed by atoms with E-state index in [-0.39, 0.29) is 22.6 Å². The molecule has 0 saturated heterocycles. The monoisotopic (exact) mass is 364 g/mol. The maximum atomic E-state index is 12.9. The van der Waals surface area contributed by atoms with Crippen LogP contribution in [0.4, 0.5) is 0 Å². The zero-order valence-electron chi connectivity index (χ0n) is 13.7. The number of hydrogen-bond donors (Lipinski definition) is 3. The van der Waals surface area contributed by atoms with Gasteiger partial charge in [0.15, 0.2) is 22.9 Å². The van der Waals surface area contributed by atoms with Crippen molar-refractivity contribution in [1.29, 1.82) is 0 Å². The van der Waals surface area contributed by atoms with Crippen LogP contribution >= 0.6 is 0 Å². The Morgan fingerprint density at radius 2 is 1.67 bits per heavy atom. The third kappa shape index (κ3) is 1.80. The number of carbonyl (C=O) groups is 2. The lowest BCUT2D eigenvalue weighted by Gasteiger charge is -2.42. The maximum Gasteiger partial charge on any atom is 0.339 e. The number of aromatic hydroxyl groups is 2. The van der Waals surface area contributed by atoms with Crippen LogP contribution in [0.3, 0.4) is 0 Å². The molecule has 0 saturated carbocycles. The summed E-state index contributed by atoms with van der Waals surface area (Å²) in [5, 5.41) is 29.9. The van der Waals surface area contributed by atoms with Gasteiger partial charge >= 0.3 is 5.97 Å². The van der Waals surface area contributed by atoms with Crippen molar-refractivity contribution >= 4 is 11.8 Å². The maximum absolute atomic E-state index is 12.9. The van der Waals surface area contributed by atoms with Crippen LogP contribution < -0.4 is 4.74 Å². The summed E-state index contributed by atoms with van der Waals surface area (Å²) in [5.41, 5.74) is -0.721. The first-order chi connectivity index (χ1) is 12.9. The van der Waals surface area contributed by atoms with E-state index in [1.54, 1.807) is 24.3 Å². The van der Waals surface area contributed by atoms with Crippen LogP contribution in [0.5, 0.6) is 17.2 Å². The zero-order valence-corrected chi connectivity index (χ0v) is 13.7. The van der Waals surface area contributed by atoms with Crippen molar-refractivity contribution in [2.45, 2.75) is 5.60 Å². The number of phenolic OH excluding ortho intramolecular Hbond substituents is 2. The zero-order chi connectivity index (χ0) is 18.9.